The van der Waals surface area contributed by atoms with E-state index in [-0.39, 0.29) is 11.7 Å². The van der Waals surface area contributed by atoms with Gasteiger partial charge in [-0.3, -0.25) is 0 Å². The molecule has 0 saturated carbocycles. The van der Waals surface area contributed by atoms with Gasteiger partial charge in [0.25, 0.3) is 0 Å². The molecule has 1 rings (SSSR count). The van der Waals surface area contributed by atoms with Crippen molar-refractivity contribution in [3.63, 3.8) is 0 Å². The van der Waals surface area contributed by atoms with Gasteiger partial charge >= 0.3 is 5.97 Å². The molecule has 0 saturated heterocycles. The highest BCUT2D eigenvalue weighted by molar-refractivity contribution is 5.88. The Morgan fingerprint density at radius 3 is 2.82 bits per heavy atom. The summed E-state index contributed by atoms with van der Waals surface area (Å²) in [5, 5.41) is 12.0. The second-order valence-electron chi connectivity index (χ2n) is 3.82. The van der Waals surface area contributed by atoms with E-state index in [4.69, 9.17) is 9.84 Å². The molecule has 0 spiro atoms. The molecule has 17 heavy (non-hydrogen) atoms. The quantitative estimate of drug-likeness (QED) is 0.790. The maximum atomic E-state index is 10.9. The minimum Gasteiger partial charge on any atom is -0.478 e. The van der Waals surface area contributed by atoms with Crippen LogP contribution in [0.5, 0.6) is 0 Å². The number of nitrogens with one attached hydrogen (secondary N) is 1. The smallest absolute Gasteiger partial charge is 0.335 e. The predicted molar refractivity (Wildman–Crippen MR) is 65.5 cm³/mol. The topological polar surface area (TPSA) is 71.5 Å². The number of pyridine rings is 1. The summed E-state index contributed by atoms with van der Waals surface area (Å²) in [6, 6.07) is 3.12. The normalized spacial score (nSPS) is 12.2. The molecule has 0 aliphatic heterocycles. The van der Waals surface area contributed by atoms with Gasteiger partial charge in [-0.1, -0.05) is 6.92 Å². The molecule has 0 aromatic carbocycles. The van der Waals surface area contributed by atoms with Gasteiger partial charge in [0, 0.05) is 19.3 Å². The Balaban J connectivity index is 2.83. The van der Waals surface area contributed by atoms with E-state index in [0.717, 1.165) is 5.69 Å². The van der Waals surface area contributed by atoms with Crippen LogP contribution in [-0.2, 0) is 11.2 Å². The zero-order chi connectivity index (χ0) is 12.8. The monoisotopic (exact) mass is 238 g/mol. The molecule has 5 nitrogen and oxygen atoms in total. The van der Waals surface area contributed by atoms with Crippen LogP contribution in [-0.4, -0.2) is 35.8 Å². The summed E-state index contributed by atoms with van der Waals surface area (Å²) >= 11 is 0. The zero-order valence-corrected chi connectivity index (χ0v) is 10.4. The highest BCUT2D eigenvalue weighted by atomic mass is 16.5. The molecule has 0 aliphatic carbocycles. The average molecular weight is 238 g/mol. The van der Waals surface area contributed by atoms with Crippen molar-refractivity contribution < 1.29 is 14.6 Å². The van der Waals surface area contributed by atoms with Crippen molar-refractivity contribution in [2.75, 3.05) is 19.0 Å². The van der Waals surface area contributed by atoms with Crippen LogP contribution >= 0.6 is 0 Å². The Bertz CT molecular complexity index is 393. The molecule has 1 unspecified atom stereocenters. The van der Waals surface area contributed by atoms with Gasteiger partial charge in [-0.05, 0) is 25.5 Å². The number of nitrogens with zero attached hydrogens (tertiary/aromatic N) is 1. The second kappa shape index (κ2) is 6.20. The Hall–Kier alpha value is -1.62. The fourth-order valence-corrected chi connectivity index (χ4v) is 1.31. The molecule has 1 atom stereocenters. The van der Waals surface area contributed by atoms with Gasteiger partial charge < -0.3 is 15.2 Å². The van der Waals surface area contributed by atoms with Crippen molar-refractivity contribution in [3.8, 4) is 0 Å². The first-order valence-electron chi connectivity index (χ1n) is 5.57. The van der Waals surface area contributed by atoms with Crippen LogP contribution in [0.25, 0.3) is 0 Å². The Labute approximate surface area is 101 Å². The summed E-state index contributed by atoms with van der Waals surface area (Å²) in [4.78, 5) is 15.2. The van der Waals surface area contributed by atoms with Gasteiger partial charge in [0.1, 0.15) is 5.82 Å². The summed E-state index contributed by atoms with van der Waals surface area (Å²) in [7, 11) is 1.63. The van der Waals surface area contributed by atoms with E-state index < -0.39 is 5.97 Å². The van der Waals surface area contributed by atoms with Crippen molar-refractivity contribution in [1.82, 2.24) is 4.98 Å². The third-order valence-electron chi connectivity index (χ3n) is 2.46. The number of aryl methyl sites for hydroxylation is 1. The highest BCUT2D eigenvalue weighted by Crippen LogP contribution is 2.11. The Kier molecular flexibility index (Phi) is 4.90. The van der Waals surface area contributed by atoms with Crippen molar-refractivity contribution in [1.29, 1.82) is 0 Å². The van der Waals surface area contributed by atoms with E-state index in [1.807, 2.05) is 13.8 Å². The summed E-state index contributed by atoms with van der Waals surface area (Å²) in [6.45, 7) is 4.46. The maximum Gasteiger partial charge on any atom is 0.335 e. The lowest BCUT2D eigenvalue weighted by molar-refractivity contribution is 0.0696. The molecule has 1 heterocycles. The van der Waals surface area contributed by atoms with Crippen molar-refractivity contribution in [2.24, 2.45) is 0 Å². The molecule has 0 fully saturated rings. The molecule has 5 heteroatoms. The molecule has 0 amide bonds. The number of carboxylic acid groups (broad SMARTS) is 1. The molecule has 0 radical (unpaired) electrons. The van der Waals surface area contributed by atoms with Gasteiger partial charge in [-0.15, -0.1) is 0 Å². The molecule has 1 aromatic rings. The first-order chi connectivity index (χ1) is 8.06. The minimum atomic E-state index is -0.940. The number of aromatic carboxylic acids is 1. The van der Waals surface area contributed by atoms with E-state index >= 15 is 0 Å². The van der Waals surface area contributed by atoms with E-state index in [1.54, 1.807) is 13.2 Å². The largest absolute Gasteiger partial charge is 0.478 e. The number of hydrogen-bond donors (Lipinski definition) is 2. The Morgan fingerprint density at radius 2 is 2.29 bits per heavy atom. The first kappa shape index (κ1) is 13.4. The fraction of sp³-hybridized carbons (Fsp3) is 0.500. The lowest BCUT2D eigenvalue weighted by Gasteiger charge is -2.12. The summed E-state index contributed by atoms with van der Waals surface area (Å²) in [5.41, 5.74) is 1.02. The van der Waals surface area contributed by atoms with Crippen LogP contribution in [0.4, 0.5) is 5.82 Å². The van der Waals surface area contributed by atoms with Crippen LogP contribution in [0, 0.1) is 0 Å². The van der Waals surface area contributed by atoms with Gasteiger partial charge in [0.2, 0.25) is 0 Å². The highest BCUT2D eigenvalue weighted by Gasteiger charge is 2.08. The molecule has 0 aliphatic rings. The summed E-state index contributed by atoms with van der Waals surface area (Å²) < 4.78 is 5.10. The fourth-order valence-electron chi connectivity index (χ4n) is 1.31. The summed E-state index contributed by atoms with van der Waals surface area (Å²) in [6.07, 6.45) is 0.755. The number of carboxylic acids is 1. The van der Waals surface area contributed by atoms with Gasteiger partial charge in [0.15, 0.2) is 0 Å². The molecular formula is C12H18N2O3. The zero-order valence-electron chi connectivity index (χ0n) is 10.4. The number of anilines is 1. The molecule has 1 aromatic heterocycles. The third kappa shape index (κ3) is 4.03. The van der Waals surface area contributed by atoms with Gasteiger partial charge in [0.05, 0.1) is 11.7 Å². The van der Waals surface area contributed by atoms with Crippen LogP contribution in [0.2, 0.25) is 0 Å². The first-order valence-corrected chi connectivity index (χ1v) is 5.57. The minimum absolute atomic E-state index is 0.0513. The lowest BCUT2D eigenvalue weighted by atomic mass is 10.2. The molecule has 94 valence electrons. The average Bonchev–Trinajstić information content (AvgIpc) is 2.35. The summed E-state index contributed by atoms with van der Waals surface area (Å²) in [5.74, 6) is -0.365. The number of hydrogen-bond acceptors (Lipinski definition) is 4. The number of aromatic nitrogens is 1. The van der Waals surface area contributed by atoms with Crippen LogP contribution in [0.15, 0.2) is 12.1 Å². The van der Waals surface area contributed by atoms with Crippen molar-refractivity contribution >= 4 is 11.8 Å². The van der Waals surface area contributed by atoms with Crippen molar-refractivity contribution in [3.05, 3.63) is 23.4 Å². The van der Waals surface area contributed by atoms with E-state index in [2.05, 4.69) is 10.3 Å². The standard InChI is InChI=1S/C12H18N2O3/c1-4-10-5-9(12(15)16)6-11(14-10)13-7-8(2)17-3/h5-6,8H,4,7H2,1-3H3,(H,13,14)(H,15,16). The van der Waals surface area contributed by atoms with E-state index in [9.17, 15) is 4.79 Å². The van der Waals surface area contributed by atoms with Crippen LogP contribution in [0.3, 0.4) is 0 Å². The van der Waals surface area contributed by atoms with E-state index in [1.165, 1.54) is 6.07 Å². The van der Waals surface area contributed by atoms with Crippen molar-refractivity contribution in [2.45, 2.75) is 26.4 Å². The number of carbonyl (C=O) groups is 1. The van der Waals surface area contributed by atoms with Crippen LogP contribution < -0.4 is 5.32 Å². The van der Waals surface area contributed by atoms with Crippen LogP contribution in [0.1, 0.15) is 29.9 Å². The molecule has 0 bridgehead atoms. The van der Waals surface area contributed by atoms with Gasteiger partial charge in [-0.25, -0.2) is 9.78 Å². The van der Waals surface area contributed by atoms with E-state index in [0.29, 0.717) is 18.8 Å². The lowest BCUT2D eigenvalue weighted by Crippen LogP contribution is -2.19. The SMILES string of the molecule is CCc1cc(C(=O)O)cc(NCC(C)OC)n1. The maximum absolute atomic E-state index is 10.9. The number of rotatable bonds is 6. The predicted octanol–water partition coefficient (Wildman–Crippen LogP) is 1.79. The molecular weight excluding hydrogens is 220 g/mol. The molecule has 2 N–H and O–H groups in total. The third-order valence-corrected chi connectivity index (χ3v) is 2.46. The second-order valence-corrected chi connectivity index (χ2v) is 3.82. The number of methoxy groups -OCH3 is 1. The number of ether oxygens (including phenoxy) is 1. The van der Waals surface area contributed by atoms with Gasteiger partial charge in [-0.2, -0.15) is 0 Å². The Morgan fingerprint density at radius 1 is 1.59 bits per heavy atom.